The first-order valence-corrected chi connectivity index (χ1v) is 14.8. The fourth-order valence-corrected chi connectivity index (χ4v) is 5.25. The molecule has 3 N–H and O–H groups in total. The number of aromatic amines is 1. The zero-order valence-electron chi connectivity index (χ0n) is 23.5. The zero-order chi connectivity index (χ0) is 29.4. The van der Waals surface area contributed by atoms with Crippen LogP contribution in [0.3, 0.4) is 0 Å². The first kappa shape index (κ1) is 28.9. The highest BCUT2D eigenvalue weighted by Gasteiger charge is 2.27. The molecule has 1 heterocycles. The van der Waals surface area contributed by atoms with Gasteiger partial charge in [0.05, 0.1) is 23.6 Å². The Balaban J connectivity index is 1.85. The van der Waals surface area contributed by atoms with E-state index in [4.69, 9.17) is 10.4 Å². The minimum Gasteiger partial charge on any atom is -0.545 e. The molecule has 0 amide bonds. The van der Waals surface area contributed by atoms with Crippen LogP contribution < -0.4 is 14.7 Å². The Labute approximate surface area is 234 Å². The molecule has 0 bridgehead atoms. The van der Waals surface area contributed by atoms with Gasteiger partial charge in [0.25, 0.3) is 0 Å². The molecule has 1 aliphatic rings. The van der Waals surface area contributed by atoms with Crippen molar-refractivity contribution in [1.29, 1.82) is 5.41 Å². The number of nitrogens with zero attached hydrogens (tertiary/aromatic N) is 4. The lowest BCUT2D eigenvalue weighted by atomic mass is 9.86. The molecule has 0 saturated carbocycles. The molecule has 0 spiro atoms. The predicted octanol–water partition coefficient (Wildman–Crippen LogP) is 3.34. The molecule has 1 aliphatic carbocycles. The van der Waals surface area contributed by atoms with Gasteiger partial charge in [-0.3, -0.25) is 9.82 Å². The van der Waals surface area contributed by atoms with E-state index in [0.717, 1.165) is 54.9 Å². The summed E-state index contributed by atoms with van der Waals surface area (Å²) in [4.78, 5) is 23.3. The van der Waals surface area contributed by atoms with Crippen LogP contribution in [-0.4, -0.2) is 61.3 Å². The minimum absolute atomic E-state index is 0.0366. The summed E-state index contributed by atoms with van der Waals surface area (Å²) in [5.41, 5.74) is 4.43. The van der Waals surface area contributed by atoms with Crippen LogP contribution in [-0.2, 0) is 22.9 Å². The minimum atomic E-state index is -3.67. The fourth-order valence-electron chi connectivity index (χ4n) is 4.70. The second-order valence-electron chi connectivity index (χ2n) is 11.2. The largest absolute Gasteiger partial charge is 0.545 e. The van der Waals surface area contributed by atoms with Gasteiger partial charge in [-0.2, -0.15) is 5.10 Å². The SMILES string of the molecule is CN(C)c1ccc(N=C(C(=N)C(C)(C)C)c2nc(-c3cc(NS(C)(=O)=O)cc(C(=O)[O-])c3)n[nH]2)c2c1CCCC2. The Bertz CT molecular complexity index is 1620. The van der Waals surface area contributed by atoms with Gasteiger partial charge < -0.3 is 20.2 Å². The van der Waals surface area contributed by atoms with Crippen LogP contribution in [0.25, 0.3) is 11.4 Å². The zero-order valence-corrected chi connectivity index (χ0v) is 24.4. The van der Waals surface area contributed by atoms with E-state index in [0.29, 0.717) is 5.71 Å². The summed E-state index contributed by atoms with van der Waals surface area (Å²) in [6.07, 6.45) is 4.98. The van der Waals surface area contributed by atoms with Crippen molar-refractivity contribution in [2.45, 2.75) is 46.5 Å². The van der Waals surface area contributed by atoms with E-state index in [2.05, 4.69) is 30.9 Å². The van der Waals surface area contributed by atoms with Crippen molar-refractivity contribution < 1.29 is 18.3 Å². The van der Waals surface area contributed by atoms with Crippen LogP contribution >= 0.6 is 0 Å². The highest BCUT2D eigenvalue weighted by Crippen LogP contribution is 2.37. The normalized spacial score (nSPS) is 14.0. The van der Waals surface area contributed by atoms with Gasteiger partial charge in [0, 0.05) is 36.4 Å². The van der Waals surface area contributed by atoms with Crippen molar-refractivity contribution in [3.63, 3.8) is 0 Å². The summed E-state index contributed by atoms with van der Waals surface area (Å²) >= 11 is 0. The summed E-state index contributed by atoms with van der Waals surface area (Å²) in [7, 11) is 0.381. The van der Waals surface area contributed by atoms with E-state index in [1.165, 1.54) is 17.7 Å². The van der Waals surface area contributed by atoms with E-state index in [1.54, 1.807) is 0 Å². The number of anilines is 2. The Hall–Kier alpha value is -4.06. The number of H-pyrrole nitrogens is 1. The number of hydrogen-bond acceptors (Lipinski definition) is 9. The number of sulfonamides is 1. The average Bonchev–Trinajstić information content (AvgIpc) is 3.35. The van der Waals surface area contributed by atoms with Gasteiger partial charge in [-0.25, -0.2) is 18.4 Å². The molecule has 0 atom stereocenters. The molecule has 0 fully saturated rings. The molecule has 212 valence electrons. The smallest absolute Gasteiger partial charge is 0.229 e. The number of fused-ring (bicyclic) bond motifs is 1. The molecule has 12 heteroatoms. The molecule has 1 aromatic heterocycles. The molecule has 3 aromatic rings. The molecule has 11 nitrogen and oxygen atoms in total. The first-order valence-electron chi connectivity index (χ1n) is 12.9. The molecule has 0 saturated heterocycles. The maximum atomic E-state index is 11.8. The van der Waals surface area contributed by atoms with Crippen LogP contribution in [0.5, 0.6) is 0 Å². The van der Waals surface area contributed by atoms with Gasteiger partial charge in [-0.05, 0) is 72.7 Å². The summed E-state index contributed by atoms with van der Waals surface area (Å²) < 4.78 is 25.8. The van der Waals surface area contributed by atoms with Crippen LogP contribution in [0.1, 0.15) is 60.9 Å². The van der Waals surface area contributed by atoms with E-state index in [9.17, 15) is 18.3 Å². The molecule has 40 heavy (non-hydrogen) atoms. The van der Waals surface area contributed by atoms with E-state index in [-0.39, 0.29) is 34.2 Å². The lowest BCUT2D eigenvalue weighted by Crippen LogP contribution is -2.29. The quantitative estimate of drug-likeness (QED) is 0.353. The molecular weight excluding hydrogens is 530 g/mol. The molecule has 0 radical (unpaired) electrons. The Morgan fingerprint density at radius 1 is 1.12 bits per heavy atom. The van der Waals surface area contributed by atoms with Crippen LogP contribution in [0.4, 0.5) is 17.1 Å². The van der Waals surface area contributed by atoms with Gasteiger partial charge >= 0.3 is 0 Å². The van der Waals surface area contributed by atoms with E-state index < -0.39 is 21.4 Å². The summed E-state index contributed by atoms with van der Waals surface area (Å²) in [5.74, 6) is -1.11. The highest BCUT2D eigenvalue weighted by molar-refractivity contribution is 7.92. The van der Waals surface area contributed by atoms with Crippen LogP contribution in [0.2, 0.25) is 0 Å². The average molecular weight is 565 g/mol. The van der Waals surface area contributed by atoms with Crippen molar-refractivity contribution in [3.8, 4) is 11.4 Å². The second-order valence-corrected chi connectivity index (χ2v) is 13.0. The third-order valence-electron chi connectivity index (χ3n) is 6.63. The third-order valence-corrected chi connectivity index (χ3v) is 7.23. The van der Waals surface area contributed by atoms with E-state index >= 15 is 0 Å². The number of aromatic nitrogens is 3. The van der Waals surface area contributed by atoms with Gasteiger partial charge in [-0.1, -0.05) is 20.8 Å². The lowest BCUT2D eigenvalue weighted by Gasteiger charge is -2.26. The highest BCUT2D eigenvalue weighted by atomic mass is 32.2. The number of rotatable bonds is 8. The van der Waals surface area contributed by atoms with Crippen molar-refractivity contribution in [2.75, 3.05) is 30.0 Å². The number of benzene rings is 2. The molecular formula is C28H34N7O4S-. The fraction of sp³-hybridized carbons (Fsp3) is 0.393. The van der Waals surface area contributed by atoms with Crippen molar-refractivity contribution in [1.82, 2.24) is 15.2 Å². The first-order chi connectivity index (χ1) is 18.6. The van der Waals surface area contributed by atoms with Crippen molar-refractivity contribution in [3.05, 3.63) is 52.8 Å². The van der Waals surface area contributed by atoms with Gasteiger partial charge in [0.1, 0.15) is 5.71 Å². The number of nitrogens with one attached hydrogen (secondary N) is 3. The number of aromatic carboxylic acids is 1. The number of aliphatic imine (C=N–C) groups is 1. The number of carbonyl (C=O) groups excluding carboxylic acids is 1. The van der Waals surface area contributed by atoms with Crippen LogP contribution in [0, 0.1) is 10.8 Å². The predicted molar refractivity (Wildman–Crippen MR) is 155 cm³/mol. The van der Waals surface area contributed by atoms with Gasteiger partial charge in [0.2, 0.25) is 10.0 Å². The van der Waals surface area contributed by atoms with Crippen molar-refractivity contribution >= 4 is 44.5 Å². The number of carboxylic acids is 1. The summed E-state index contributed by atoms with van der Waals surface area (Å²) in [5, 5.41) is 27.7. The van der Waals surface area contributed by atoms with Gasteiger partial charge in [0.15, 0.2) is 11.6 Å². The van der Waals surface area contributed by atoms with Crippen LogP contribution in [0.15, 0.2) is 35.3 Å². The maximum Gasteiger partial charge on any atom is 0.229 e. The maximum absolute atomic E-state index is 11.8. The second kappa shape index (κ2) is 10.8. The monoisotopic (exact) mass is 564 g/mol. The Morgan fingerprint density at radius 3 is 2.40 bits per heavy atom. The third kappa shape index (κ3) is 6.39. The lowest BCUT2D eigenvalue weighted by molar-refractivity contribution is -0.255. The molecule has 4 rings (SSSR count). The summed E-state index contributed by atoms with van der Waals surface area (Å²) in [6, 6.07) is 7.92. The number of hydrogen-bond donors (Lipinski definition) is 3. The van der Waals surface area contributed by atoms with Crippen molar-refractivity contribution in [2.24, 2.45) is 10.4 Å². The summed E-state index contributed by atoms with van der Waals surface area (Å²) in [6.45, 7) is 5.75. The standard InChI is InChI=1S/C28H35N7O4S/c1-28(2,3)24(29)23(30-21-11-12-22(35(4)5)20-10-8-7-9-19(20)21)26-31-25(32-33-26)16-13-17(27(36)37)15-18(14-16)34-40(6,38)39/h11-15,29,34H,7-10H2,1-6H3,(H,36,37)(H,31,32,33)/p-1. The molecule has 2 aromatic carbocycles. The Kier molecular flexibility index (Phi) is 7.84. The molecule has 0 aliphatic heterocycles. The topological polar surface area (TPSA) is 167 Å². The number of carbonyl (C=O) groups is 1. The van der Waals surface area contributed by atoms with Gasteiger partial charge in [-0.15, -0.1) is 0 Å². The molecule has 0 unspecified atom stereocenters. The number of carboxylic acid groups (broad SMARTS) is 1. The Morgan fingerprint density at radius 2 is 1.80 bits per heavy atom. The van der Waals surface area contributed by atoms with E-state index in [1.807, 2.05) is 40.9 Å².